The Balaban J connectivity index is 1.61. The zero-order chi connectivity index (χ0) is 17.6. The van der Waals surface area contributed by atoms with E-state index in [1.165, 1.54) is 18.7 Å². The van der Waals surface area contributed by atoms with Crippen LogP contribution in [0.25, 0.3) is 0 Å². The van der Waals surface area contributed by atoms with E-state index in [9.17, 15) is 20.5 Å². The molecular formula is C15H17N5O5. The predicted octanol–water partition coefficient (Wildman–Crippen LogP) is -1.23. The Labute approximate surface area is 142 Å². The minimum atomic E-state index is -1.21. The largest absolute Gasteiger partial charge is 0.394 e. The highest BCUT2D eigenvalue weighted by Gasteiger charge is 2.43. The average molecular weight is 347 g/mol. The fourth-order valence-electron chi connectivity index (χ4n) is 2.98. The Morgan fingerprint density at radius 3 is 2.88 bits per heavy atom. The first kappa shape index (κ1) is 16.0. The van der Waals surface area contributed by atoms with E-state index in [1.807, 2.05) is 0 Å². The third-order valence-electron chi connectivity index (χ3n) is 4.27. The highest BCUT2D eigenvalue weighted by atomic mass is 16.6. The lowest BCUT2D eigenvalue weighted by Crippen LogP contribution is -2.43. The van der Waals surface area contributed by atoms with Crippen LogP contribution in [0.15, 0.2) is 48.5 Å². The van der Waals surface area contributed by atoms with Crippen molar-refractivity contribution >= 4 is 11.5 Å². The van der Waals surface area contributed by atoms with Gasteiger partial charge < -0.3 is 25.4 Å². The maximum atomic E-state index is 10.2. The number of hydroxylamine groups is 1. The van der Waals surface area contributed by atoms with Crippen LogP contribution in [-0.2, 0) is 4.74 Å². The molecule has 4 atom stereocenters. The molecule has 0 bridgehead atoms. The predicted molar refractivity (Wildman–Crippen MR) is 85.0 cm³/mol. The SMILES string of the molecule is OC[C@H]1O[C@@H](NC2=CC=CN3C2=CN(O)c2cncnc23)[C@H](O)[C@@H]1O. The molecule has 25 heavy (non-hydrogen) atoms. The molecule has 0 aliphatic carbocycles. The van der Waals surface area contributed by atoms with Gasteiger partial charge in [-0.3, -0.25) is 10.1 Å². The number of nitrogens with zero attached hydrogens (tertiary/aromatic N) is 4. The van der Waals surface area contributed by atoms with E-state index in [4.69, 9.17) is 4.74 Å². The van der Waals surface area contributed by atoms with Crippen LogP contribution in [0.1, 0.15) is 0 Å². The summed E-state index contributed by atoms with van der Waals surface area (Å²) in [5, 5.41) is 43.2. The lowest BCUT2D eigenvalue weighted by Gasteiger charge is -2.35. The number of aliphatic hydroxyl groups is 3. The number of anilines is 2. The first-order valence-electron chi connectivity index (χ1n) is 7.67. The smallest absolute Gasteiger partial charge is 0.167 e. The minimum absolute atomic E-state index is 0.404. The van der Waals surface area contributed by atoms with Crippen molar-refractivity contribution in [3.8, 4) is 0 Å². The van der Waals surface area contributed by atoms with Crippen LogP contribution in [0, 0.1) is 0 Å². The van der Waals surface area contributed by atoms with E-state index < -0.39 is 31.1 Å². The van der Waals surface area contributed by atoms with Gasteiger partial charge in [0.25, 0.3) is 0 Å². The van der Waals surface area contributed by atoms with Crippen molar-refractivity contribution in [1.29, 1.82) is 0 Å². The lowest BCUT2D eigenvalue weighted by atomic mass is 10.1. The second-order valence-electron chi connectivity index (χ2n) is 5.79. The van der Waals surface area contributed by atoms with Crippen molar-refractivity contribution in [2.24, 2.45) is 0 Å². The topological polar surface area (TPSA) is 134 Å². The highest BCUT2D eigenvalue weighted by molar-refractivity contribution is 5.76. The third-order valence-corrected chi connectivity index (χ3v) is 4.27. The summed E-state index contributed by atoms with van der Waals surface area (Å²) in [6.45, 7) is -0.404. The molecule has 3 aliphatic rings. The Morgan fingerprint density at radius 2 is 2.12 bits per heavy atom. The fourth-order valence-corrected chi connectivity index (χ4v) is 2.98. The number of aliphatic hydroxyl groups excluding tert-OH is 3. The van der Waals surface area contributed by atoms with Crippen molar-refractivity contribution in [2.75, 3.05) is 16.6 Å². The van der Waals surface area contributed by atoms with Crippen LogP contribution in [-0.4, -0.2) is 61.6 Å². The Morgan fingerprint density at radius 1 is 1.28 bits per heavy atom. The number of ether oxygens (including phenoxy) is 1. The molecule has 0 saturated carbocycles. The van der Waals surface area contributed by atoms with Gasteiger partial charge in [0.2, 0.25) is 0 Å². The molecule has 0 unspecified atom stereocenters. The molecule has 10 nitrogen and oxygen atoms in total. The third kappa shape index (κ3) is 2.56. The highest BCUT2D eigenvalue weighted by Crippen LogP contribution is 2.37. The molecular weight excluding hydrogens is 330 g/mol. The van der Waals surface area contributed by atoms with E-state index in [1.54, 1.807) is 23.3 Å². The first-order chi connectivity index (χ1) is 12.1. The van der Waals surface area contributed by atoms with E-state index in [0.717, 1.165) is 5.06 Å². The average Bonchev–Trinajstić information content (AvgIpc) is 2.90. The Hall–Kier alpha value is -2.50. The van der Waals surface area contributed by atoms with E-state index in [2.05, 4.69) is 15.3 Å². The maximum absolute atomic E-state index is 10.2. The molecule has 0 aromatic carbocycles. The number of nitrogens with one attached hydrogen (secondary N) is 1. The van der Waals surface area contributed by atoms with Gasteiger partial charge in [-0.15, -0.1) is 0 Å². The molecule has 1 saturated heterocycles. The van der Waals surface area contributed by atoms with Crippen LogP contribution >= 0.6 is 0 Å². The maximum Gasteiger partial charge on any atom is 0.167 e. The van der Waals surface area contributed by atoms with E-state index in [0.29, 0.717) is 22.9 Å². The van der Waals surface area contributed by atoms with Crippen LogP contribution in [0.5, 0.6) is 0 Å². The molecule has 3 aliphatic heterocycles. The first-order valence-corrected chi connectivity index (χ1v) is 7.67. The monoisotopic (exact) mass is 347 g/mol. The number of allylic oxidation sites excluding steroid dienone is 2. The number of fused-ring (bicyclic) bond motifs is 3. The van der Waals surface area contributed by atoms with Crippen molar-refractivity contribution in [3.05, 3.63) is 48.5 Å². The van der Waals surface area contributed by atoms with Crippen LogP contribution in [0.3, 0.4) is 0 Å². The van der Waals surface area contributed by atoms with Gasteiger partial charge in [0, 0.05) is 6.20 Å². The molecule has 5 N–H and O–H groups in total. The molecule has 0 amide bonds. The molecule has 4 rings (SSSR count). The summed E-state index contributed by atoms with van der Waals surface area (Å²) in [5.41, 5.74) is 1.53. The normalized spacial score (nSPS) is 30.6. The van der Waals surface area contributed by atoms with E-state index in [-0.39, 0.29) is 0 Å². The van der Waals surface area contributed by atoms with Gasteiger partial charge in [-0.1, -0.05) is 0 Å². The quantitative estimate of drug-likeness (QED) is 0.452. The summed E-state index contributed by atoms with van der Waals surface area (Å²) in [6.07, 6.45) is 5.42. The second kappa shape index (κ2) is 6.10. The van der Waals surface area contributed by atoms with Crippen LogP contribution in [0.2, 0.25) is 0 Å². The van der Waals surface area contributed by atoms with Gasteiger partial charge in [-0.05, 0) is 12.2 Å². The van der Waals surface area contributed by atoms with Gasteiger partial charge in [-0.2, -0.15) is 0 Å². The summed E-state index contributed by atoms with van der Waals surface area (Å²) in [4.78, 5) is 9.83. The van der Waals surface area contributed by atoms with Gasteiger partial charge >= 0.3 is 0 Å². The number of hydrogen-bond acceptors (Lipinski definition) is 10. The lowest BCUT2D eigenvalue weighted by molar-refractivity contribution is -0.0292. The zero-order valence-electron chi connectivity index (χ0n) is 13.0. The molecule has 0 spiro atoms. The summed E-state index contributed by atoms with van der Waals surface area (Å²) < 4.78 is 5.44. The van der Waals surface area contributed by atoms with Crippen LogP contribution < -0.4 is 15.3 Å². The second-order valence-corrected chi connectivity index (χ2v) is 5.79. The molecule has 0 radical (unpaired) electrons. The number of aromatic nitrogens is 2. The molecule has 4 heterocycles. The Bertz CT molecular complexity index is 766. The fraction of sp³-hybridized carbons (Fsp3) is 0.333. The number of rotatable bonds is 3. The Kier molecular flexibility index (Phi) is 3.90. The van der Waals surface area contributed by atoms with Gasteiger partial charge in [-0.25, -0.2) is 15.0 Å². The van der Waals surface area contributed by atoms with Crippen molar-refractivity contribution in [3.63, 3.8) is 0 Å². The summed E-state index contributed by atoms with van der Waals surface area (Å²) >= 11 is 0. The molecule has 1 aromatic heterocycles. The van der Waals surface area contributed by atoms with Crippen molar-refractivity contribution in [1.82, 2.24) is 15.3 Å². The van der Waals surface area contributed by atoms with Gasteiger partial charge in [0.05, 0.1) is 30.4 Å². The van der Waals surface area contributed by atoms with Crippen molar-refractivity contribution < 1.29 is 25.3 Å². The summed E-state index contributed by atoms with van der Waals surface area (Å²) in [5.74, 6) is 0.486. The van der Waals surface area contributed by atoms with Crippen LogP contribution in [0.4, 0.5) is 11.5 Å². The minimum Gasteiger partial charge on any atom is -0.394 e. The summed E-state index contributed by atoms with van der Waals surface area (Å²) in [6, 6.07) is 0. The van der Waals surface area contributed by atoms with Gasteiger partial charge in [0.1, 0.15) is 30.3 Å². The summed E-state index contributed by atoms with van der Waals surface area (Å²) in [7, 11) is 0. The van der Waals surface area contributed by atoms with Crippen molar-refractivity contribution in [2.45, 2.75) is 24.5 Å². The molecule has 1 aromatic rings. The molecule has 132 valence electrons. The van der Waals surface area contributed by atoms with Gasteiger partial charge in [0.15, 0.2) is 12.0 Å². The standard InChI is InChI=1S/C15H17N5O5/c21-6-11-12(22)13(23)15(25-11)18-8-2-1-3-19-10(8)5-20(24)9-4-16-7-17-14(9)19/h1-5,7,11-13,15,18,21-24H,6H2/t11-,12-,13-,15-/m1/s1. The zero-order valence-corrected chi connectivity index (χ0v) is 13.0. The molecule has 1 fully saturated rings. The molecule has 10 heteroatoms. The number of hydrogen-bond donors (Lipinski definition) is 5. The van der Waals surface area contributed by atoms with E-state index >= 15 is 0 Å².